The van der Waals surface area contributed by atoms with Crippen LogP contribution >= 0.6 is 12.4 Å². The van der Waals surface area contributed by atoms with E-state index in [0.717, 1.165) is 59.6 Å². The summed E-state index contributed by atoms with van der Waals surface area (Å²) in [5.41, 5.74) is 15.5. The van der Waals surface area contributed by atoms with Crippen molar-refractivity contribution in [2.24, 2.45) is 0 Å². The molecule has 2 fully saturated rings. The highest BCUT2D eigenvalue weighted by atomic mass is 35.5. The molecule has 2 aromatic carbocycles. The Labute approximate surface area is 229 Å². The molecule has 0 saturated carbocycles. The van der Waals surface area contributed by atoms with Crippen molar-refractivity contribution in [1.82, 2.24) is 0 Å². The van der Waals surface area contributed by atoms with Gasteiger partial charge in [-0.15, -0.1) is 12.4 Å². The SMILES string of the molecule is C[N+](C)(CCO)C1CCN(c2ccc(N)cc2)C1.C[N+](C)(CCO)C1CCN(c2ccc(N)cc2)C1.Cl. The van der Waals surface area contributed by atoms with Gasteiger partial charge in [-0.3, -0.25) is 0 Å². The van der Waals surface area contributed by atoms with Gasteiger partial charge >= 0.3 is 0 Å². The lowest BCUT2D eigenvalue weighted by Gasteiger charge is -2.35. The summed E-state index contributed by atoms with van der Waals surface area (Å²) in [4.78, 5) is 4.81. The molecule has 6 N–H and O–H groups in total. The van der Waals surface area contributed by atoms with E-state index in [1.165, 1.54) is 24.2 Å². The minimum atomic E-state index is 0. The lowest BCUT2D eigenvalue weighted by molar-refractivity contribution is -0.912. The summed E-state index contributed by atoms with van der Waals surface area (Å²) in [6, 6.07) is 17.4. The van der Waals surface area contributed by atoms with Crippen LogP contribution in [-0.4, -0.2) is 112 Å². The lowest BCUT2D eigenvalue weighted by Crippen LogP contribution is -2.51. The van der Waals surface area contributed by atoms with Gasteiger partial charge in [0, 0.05) is 48.7 Å². The van der Waals surface area contributed by atoms with Gasteiger partial charge in [0.05, 0.1) is 54.5 Å². The molecule has 0 aromatic heterocycles. The van der Waals surface area contributed by atoms with Crippen molar-refractivity contribution in [2.45, 2.75) is 24.9 Å². The van der Waals surface area contributed by atoms with E-state index < -0.39 is 0 Å². The normalized spacial score (nSPS) is 19.8. The standard InChI is InChI=1S/2C14H24N3O.ClH/c2*1-17(2,9-10-18)14-7-8-16(11-14)13-5-3-12(15)4-6-13;/h2*3-6,14,18H,7-11,15H2,1-2H3;1H/q2*+1;. The number of likely N-dealkylation sites (N-methyl/N-ethyl adjacent to an activating group) is 2. The summed E-state index contributed by atoms with van der Waals surface area (Å²) in [6.07, 6.45) is 2.36. The number of anilines is 4. The van der Waals surface area contributed by atoms with Crippen LogP contribution in [0.2, 0.25) is 0 Å². The zero-order valence-electron chi connectivity index (χ0n) is 23.1. The number of aliphatic hydroxyl groups is 2. The van der Waals surface area contributed by atoms with Crippen molar-refractivity contribution in [3.63, 3.8) is 0 Å². The Morgan fingerprint density at radius 2 is 1.00 bits per heavy atom. The Morgan fingerprint density at radius 1 is 0.676 bits per heavy atom. The van der Waals surface area contributed by atoms with Crippen molar-refractivity contribution < 1.29 is 19.2 Å². The van der Waals surface area contributed by atoms with Crippen LogP contribution in [0.5, 0.6) is 0 Å². The van der Waals surface area contributed by atoms with E-state index in [4.69, 9.17) is 21.7 Å². The fraction of sp³-hybridized carbons (Fsp3) is 0.571. The molecule has 2 aliphatic rings. The van der Waals surface area contributed by atoms with E-state index in [-0.39, 0.29) is 25.6 Å². The molecule has 2 atom stereocenters. The number of hydrogen-bond acceptors (Lipinski definition) is 6. The van der Waals surface area contributed by atoms with Gasteiger partial charge in [-0.1, -0.05) is 0 Å². The molecular weight excluding hydrogens is 488 g/mol. The van der Waals surface area contributed by atoms with Gasteiger partial charge in [0.25, 0.3) is 0 Å². The highest BCUT2D eigenvalue weighted by Gasteiger charge is 2.35. The topological polar surface area (TPSA) is 99.0 Å². The molecule has 2 unspecified atom stereocenters. The number of nitrogens with zero attached hydrogens (tertiary/aromatic N) is 4. The summed E-state index contributed by atoms with van der Waals surface area (Å²) in [7, 11) is 8.81. The molecular formula is C28H49ClN6O2+2. The van der Waals surface area contributed by atoms with Crippen LogP contribution in [-0.2, 0) is 0 Å². The van der Waals surface area contributed by atoms with E-state index in [1.807, 2.05) is 24.3 Å². The van der Waals surface area contributed by atoms with E-state index in [2.05, 4.69) is 62.3 Å². The van der Waals surface area contributed by atoms with E-state index in [1.54, 1.807) is 0 Å². The Kier molecular flexibility index (Phi) is 11.3. The second kappa shape index (κ2) is 13.5. The Morgan fingerprint density at radius 3 is 1.30 bits per heavy atom. The predicted octanol–water partition coefficient (Wildman–Crippen LogP) is 2.25. The number of hydrogen-bond donors (Lipinski definition) is 4. The third-order valence-electron chi connectivity index (χ3n) is 8.17. The quantitative estimate of drug-likeness (QED) is 0.305. The molecule has 0 aliphatic carbocycles. The second-order valence-electron chi connectivity index (χ2n) is 11.4. The molecule has 37 heavy (non-hydrogen) atoms. The summed E-state index contributed by atoms with van der Waals surface area (Å²) in [5, 5.41) is 18.3. The third kappa shape index (κ3) is 8.38. The van der Waals surface area contributed by atoms with Crippen molar-refractivity contribution in [3.05, 3.63) is 48.5 Å². The van der Waals surface area contributed by atoms with Crippen molar-refractivity contribution >= 4 is 35.2 Å². The first kappa shape index (κ1) is 31.0. The maximum atomic E-state index is 9.13. The fourth-order valence-electron chi connectivity index (χ4n) is 5.34. The average Bonchev–Trinajstić information content (AvgIpc) is 3.52. The molecule has 9 heteroatoms. The van der Waals surface area contributed by atoms with Crippen molar-refractivity contribution in [1.29, 1.82) is 0 Å². The van der Waals surface area contributed by atoms with Gasteiger partial charge in [0.2, 0.25) is 0 Å². The first-order valence-electron chi connectivity index (χ1n) is 13.1. The lowest BCUT2D eigenvalue weighted by atomic mass is 10.2. The van der Waals surface area contributed by atoms with Crippen LogP contribution in [0.15, 0.2) is 48.5 Å². The average molecular weight is 537 g/mol. The van der Waals surface area contributed by atoms with Crippen molar-refractivity contribution in [2.75, 3.05) is 102 Å². The van der Waals surface area contributed by atoms with Crippen molar-refractivity contribution in [3.8, 4) is 0 Å². The molecule has 0 radical (unpaired) electrons. The second-order valence-corrected chi connectivity index (χ2v) is 11.4. The first-order chi connectivity index (χ1) is 17.1. The minimum absolute atomic E-state index is 0. The molecule has 2 saturated heterocycles. The van der Waals surface area contributed by atoms with Gasteiger partial charge in [-0.05, 0) is 48.5 Å². The van der Waals surface area contributed by atoms with E-state index in [9.17, 15) is 0 Å². The molecule has 0 amide bonds. The number of quaternary nitrogens is 2. The van der Waals surface area contributed by atoms with E-state index in [0.29, 0.717) is 12.1 Å². The molecule has 0 bridgehead atoms. The monoisotopic (exact) mass is 536 g/mol. The van der Waals surface area contributed by atoms with Crippen LogP contribution in [0.25, 0.3) is 0 Å². The van der Waals surface area contributed by atoms with Crippen LogP contribution in [0.4, 0.5) is 22.7 Å². The summed E-state index contributed by atoms with van der Waals surface area (Å²) in [6.45, 7) is 6.43. The van der Waals surface area contributed by atoms with Gasteiger partial charge < -0.3 is 40.4 Å². The smallest absolute Gasteiger partial charge is 0.108 e. The minimum Gasteiger partial charge on any atom is -0.399 e. The van der Waals surface area contributed by atoms with E-state index >= 15 is 0 Å². The maximum absolute atomic E-state index is 9.13. The van der Waals surface area contributed by atoms with Gasteiger partial charge in [-0.25, -0.2) is 0 Å². The molecule has 2 heterocycles. The van der Waals surface area contributed by atoms with Gasteiger partial charge in [0.15, 0.2) is 0 Å². The number of nitrogen functional groups attached to an aromatic ring is 2. The van der Waals surface area contributed by atoms with Crippen LogP contribution in [0.3, 0.4) is 0 Å². The number of aliphatic hydroxyl groups excluding tert-OH is 2. The van der Waals surface area contributed by atoms with Crippen LogP contribution in [0, 0.1) is 0 Å². The number of benzene rings is 2. The summed E-state index contributed by atoms with van der Waals surface area (Å²) < 4.78 is 1.78. The number of rotatable bonds is 8. The zero-order chi connectivity index (χ0) is 26.3. The van der Waals surface area contributed by atoms with Gasteiger partial charge in [-0.2, -0.15) is 0 Å². The molecule has 2 aliphatic heterocycles. The molecule has 2 aromatic rings. The zero-order valence-corrected chi connectivity index (χ0v) is 23.9. The summed E-state index contributed by atoms with van der Waals surface area (Å²) in [5.74, 6) is 0. The Balaban J connectivity index is 0.000000253. The number of nitrogens with two attached hydrogens (primary N) is 2. The highest BCUT2D eigenvalue weighted by molar-refractivity contribution is 5.85. The summed E-state index contributed by atoms with van der Waals surface area (Å²) >= 11 is 0. The van der Waals surface area contributed by atoms with Crippen LogP contribution in [0.1, 0.15) is 12.8 Å². The third-order valence-corrected chi connectivity index (χ3v) is 8.17. The predicted molar refractivity (Wildman–Crippen MR) is 158 cm³/mol. The molecule has 208 valence electrons. The first-order valence-corrected chi connectivity index (χ1v) is 13.1. The molecule has 4 rings (SSSR count). The Hall–Kier alpha value is -2.23. The Bertz CT molecular complexity index is 861. The molecule has 8 nitrogen and oxygen atoms in total. The van der Waals surface area contributed by atoms with Crippen LogP contribution < -0.4 is 21.3 Å². The van der Waals surface area contributed by atoms with Gasteiger partial charge in [0.1, 0.15) is 25.2 Å². The largest absolute Gasteiger partial charge is 0.399 e. The molecule has 0 spiro atoms. The highest BCUT2D eigenvalue weighted by Crippen LogP contribution is 2.27. The number of halogens is 1. The fourth-order valence-corrected chi connectivity index (χ4v) is 5.34. The maximum Gasteiger partial charge on any atom is 0.108 e.